The smallest absolute Gasteiger partial charge is 0.269 e. The molecular formula is C21H27N3O5S. The van der Waals surface area contributed by atoms with Crippen LogP contribution >= 0.6 is 0 Å². The van der Waals surface area contributed by atoms with Crippen molar-refractivity contribution in [3.8, 4) is 0 Å². The predicted molar refractivity (Wildman–Crippen MR) is 113 cm³/mol. The average molecular weight is 434 g/mol. The van der Waals surface area contributed by atoms with Crippen molar-refractivity contribution in [2.45, 2.75) is 37.0 Å². The summed E-state index contributed by atoms with van der Waals surface area (Å²) in [4.78, 5) is 10.2. The highest BCUT2D eigenvalue weighted by atomic mass is 32.2. The van der Waals surface area contributed by atoms with Gasteiger partial charge in [0.1, 0.15) is 12.3 Å². The van der Waals surface area contributed by atoms with Crippen LogP contribution in [0.4, 0.5) is 5.69 Å². The molecule has 2 N–H and O–H groups in total. The summed E-state index contributed by atoms with van der Waals surface area (Å²) in [6.45, 7) is 2.29. The van der Waals surface area contributed by atoms with Crippen LogP contribution in [0.3, 0.4) is 0 Å². The molecule has 0 amide bonds. The van der Waals surface area contributed by atoms with Gasteiger partial charge in [-0.2, -0.15) is 0 Å². The number of benzene rings is 2. The standard InChI is InChI=1S/C21H27N3O5S/c1-15(14-23-30(27,28)19-10-8-18(9-11-19)24(25)26)12-17(20-21(22-2)29-20)13-16-6-4-3-5-7-16/h3-11,15,17,20-23H,12-14H2,1-2H3/t15?,17-,20?,21?/m0/s1. The second-order valence-corrected chi connectivity index (χ2v) is 9.47. The number of nitrogens with one attached hydrogen (secondary N) is 2. The SMILES string of the molecule is CNC1OC1[C@H](Cc1ccccc1)CC(C)CNS(=O)(=O)c1ccc([N+](=O)[O-])cc1. The maximum atomic E-state index is 12.5. The number of nitrogens with zero attached hydrogens (tertiary/aromatic N) is 1. The zero-order valence-electron chi connectivity index (χ0n) is 17.0. The number of hydrogen-bond donors (Lipinski definition) is 2. The van der Waals surface area contributed by atoms with Crippen LogP contribution in [-0.4, -0.2) is 39.3 Å². The number of nitro benzene ring substituents is 1. The van der Waals surface area contributed by atoms with Crippen LogP contribution in [0.5, 0.6) is 0 Å². The van der Waals surface area contributed by atoms with Gasteiger partial charge >= 0.3 is 0 Å². The van der Waals surface area contributed by atoms with Crippen molar-refractivity contribution in [2.24, 2.45) is 11.8 Å². The minimum atomic E-state index is -3.73. The molecule has 1 aliphatic rings. The van der Waals surface area contributed by atoms with Crippen LogP contribution in [0.1, 0.15) is 18.9 Å². The van der Waals surface area contributed by atoms with Crippen molar-refractivity contribution >= 4 is 15.7 Å². The molecule has 2 aromatic carbocycles. The number of epoxide rings is 1. The molecule has 0 bridgehead atoms. The summed E-state index contributed by atoms with van der Waals surface area (Å²) < 4.78 is 33.4. The van der Waals surface area contributed by atoms with Crippen LogP contribution in [-0.2, 0) is 21.2 Å². The minimum absolute atomic E-state index is 0.0157. The Labute approximate surface area is 176 Å². The lowest BCUT2D eigenvalue weighted by molar-refractivity contribution is -0.384. The van der Waals surface area contributed by atoms with Crippen molar-refractivity contribution in [3.05, 3.63) is 70.3 Å². The molecule has 1 fully saturated rings. The Bertz CT molecular complexity index is 950. The fourth-order valence-corrected chi connectivity index (χ4v) is 4.81. The summed E-state index contributed by atoms with van der Waals surface area (Å²) in [6.07, 6.45) is 1.83. The lowest BCUT2D eigenvalue weighted by Crippen LogP contribution is -2.31. The summed E-state index contributed by atoms with van der Waals surface area (Å²) in [5.41, 5.74) is 1.08. The van der Waals surface area contributed by atoms with E-state index in [4.69, 9.17) is 4.74 Å². The molecule has 9 heteroatoms. The van der Waals surface area contributed by atoms with E-state index in [1.54, 1.807) is 0 Å². The van der Waals surface area contributed by atoms with Crippen LogP contribution in [0.2, 0.25) is 0 Å². The number of hydrogen-bond acceptors (Lipinski definition) is 6. The van der Waals surface area contributed by atoms with Gasteiger partial charge in [-0.05, 0) is 49.4 Å². The number of ether oxygens (including phenoxy) is 1. The molecule has 8 nitrogen and oxygen atoms in total. The van der Waals surface area contributed by atoms with Crippen LogP contribution in [0.15, 0.2) is 59.5 Å². The maximum absolute atomic E-state index is 12.5. The van der Waals surface area contributed by atoms with E-state index in [1.807, 2.05) is 32.2 Å². The van der Waals surface area contributed by atoms with Gasteiger partial charge in [-0.1, -0.05) is 37.3 Å². The van der Waals surface area contributed by atoms with Crippen LogP contribution in [0.25, 0.3) is 0 Å². The van der Waals surface area contributed by atoms with Gasteiger partial charge in [-0.25, -0.2) is 13.1 Å². The van der Waals surface area contributed by atoms with E-state index in [0.29, 0.717) is 0 Å². The Morgan fingerprint density at radius 3 is 2.37 bits per heavy atom. The third-order valence-corrected chi connectivity index (χ3v) is 6.74. The van der Waals surface area contributed by atoms with Crippen molar-refractivity contribution in [1.29, 1.82) is 0 Å². The number of non-ortho nitro benzene ring substituents is 1. The Balaban J connectivity index is 1.59. The number of nitro groups is 1. The predicted octanol–water partition coefficient (Wildman–Crippen LogP) is 2.70. The van der Waals surface area contributed by atoms with E-state index >= 15 is 0 Å². The molecule has 0 radical (unpaired) electrons. The molecule has 2 aromatic rings. The van der Waals surface area contributed by atoms with Crippen molar-refractivity contribution in [2.75, 3.05) is 13.6 Å². The first kappa shape index (κ1) is 22.4. The van der Waals surface area contributed by atoms with Gasteiger partial charge < -0.3 is 4.74 Å². The third-order valence-electron chi connectivity index (χ3n) is 5.30. The van der Waals surface area contributed by atoms with Crippen molar-refractivity contribution in [1.82, 2.24) is 10.0 Å². The van der Waals surface area contributed by atoms with Gasteiger partial charge in [-0.3, -0.25) is 15.4 Å². The zero-order chi connectivity index (χ0) is 21.7. The average Bonchev–Trinajstić information content (AvgIpc) is 3.53. The molecule has 1 saturated heterocycles. The first-order valence-electron chi connectivity index (χ1n) is 9.91. The van der Waals surface area contributed by atoms with E-state index < -0.39 is 14.9 Å². The van der Waals surface area contributed by atoms with Crippen molar-refractivity contribution in [3.63, 3.8) is 0 Å². The molecule has 1 aliphatic heterocycles. The first-order valence-corrected chi connectivity index (χ1v) is 11.4. The third kappa shape index (κ3) is 5.85. The van der Waals surface area contributed by atoms with E-state index in [2.05, 4.69) is 22.2 Å². The molecular weight excluding hydrogens is 406 g/mol. The van der Waals surface area contributed by atoms with E-state index in [1.165, 1.54) is 29.8 Å². The summed E-state index contributed by atoms with van der Waals surface area (Å²) in [7, 11) is -1.86. The fourth-order valence-electron chi connectivity index (χ4n) is 3.65. The number of sulfonamides is 1. The highest BCUT2D eigenvalue weighted by Crippen LogP contribution is 2.34. The molecule has 3 unspecified atom stereocenters. The fraction of sp³-hybridized carbons (Fsp3) is 0.429. The quantitative estimate of drug-likeness (QED) is 0.320. The summed E-state index contributed by atoms with van der Waals surface area (Å²) in [5.74, 6) is 0.358. The Kier molecular flexibility index (Phi) is 7.19. The Morgan fingerprint density at radius 1 is 1.13 bits per heavy atom. The van der Waals surface area contributed by atoms with E-state index in [-0.39, 0.29) is 41.3 Å². The largest absolute Gasteiger partial charge is 0.353 e. The Hall–Kier alpha value is -2.33. The van der Waals surface area contributed by atoms with Crippen LogP contribution in [0, 0.1) is 22.0 Å². The number of likely N-dealkylation sites (N-methyl/N-ethyl adjacent to an activating group) is 1. The normalized spacial score (nSPS) is 20.5. The van der Waals surface area contributed by atoms with Gasteiger partial charge in [0.25, 0.3) is 5.69 Å². The Morgan fingerprint density at radius 2 is 1.80 bits per heavy atom. The van der Waals surface area contributed by atoms with E-state index in [9.17, 15) is 18.5 Å². The van der Waals surface area contributed by atoms with Gasteiger partial charge in [0, 0.05) is 18.7 Å². The molecule has 3 rings (SSSR count). The molecule has 0 aromatic heterocycles. The maximum Gasteiger partial charge on any atom is 0.269 e. The molecule has 0 spiro atoms. The molecule has 0 saturated carbocycles. The lowest BCUT2D eigenvalue weighted by atomic mass is 9.87. The van der Waals surface area contributed by atoms with Crippen LogP contribution < -0.4 is 10.0 Å². The van der Waals surface area contributed by atoms with Gasteiger partial charge in [0.05, 0.1) is 9.82 Å². The molecule has 30 heavy (non-hydrogen) atoms. The molecule has 4 atom stereocenters. The number of rotatable bonds is 11. The van der Waals surface area contributed by atoms with Gasteiger partial charge in [0.2, 0.25) is 10.0 Å². The summed E-state index contributed by atoms with van der Waals surface area (Å²) in [5, 5.41) is 13.9. The van der Waals surface area contributed by atoms with E-state index in [0.717, 1.165) is 12.8 Å². The van der Waals surface area contributed by atoms with Gasteiger partial charge in [0.15, 0.2) is 0 Å². The summed E-state index contributed by atoms with van der Waals surface area (Å²) >= 11 is 0. The zero-order valence-corrected chi connectivity index (χ0v) is 17.8. The second kappa shape index (κ2) is 9.65. The first-order chi connectivity index (χ1) is 14.3. The minimum Gasteiger partial charge on any atom is -0.353 e. The lowest BCUT2D eigenvalue weighted by Gasteiger charge is -2.20. The molecule has 162 valence electrons. The molecule has 1 heterocycles. The molecule has 0 aliphatic carbocycles. The highest BCUT2D eigenvalue weighted by molar-refractivity contribution is 7.89. The second-order valence-electron chi connectivity index (χ2n) is 7.70. The topological polar surface area (TPSA) is 114 Å². The summed E-state index contributed by atoms with van der Waals surface area (Å²) in [6, 6.07) is 15.1. The van der Waals surface area contributed by atoms with Crippen molar-refractivity contribution < 1.29 is 18.1 Å². The highest BCUT2D eigenvalue weighted by Gasteiger charge is 2.44. The monoisotopic (exact) mass is 433 g/mol. The van der Waals surface area contributed by atoms with Gasteiger partial charge in [-0.15, -0.1) is 0 Å².